The predicted molar refractivity (Wildman–Crippen MR) is 122 cm³/mol. The molecule has 3 aromatic rings. The molecule has 0 spiro atoms. The number of halogens is 1. The quantitative estimate of drug-likeness (QED) is 0.498. The Balaban J connectivity index is 1.52. The summed E-state index contributed by atoms with van der Waals surface area (Å²) in [6, 6.07) is 12.4. The van der Waals surface area contributed by atoms with Gasteiger partial charge in [0.25, 0.3) is 0 Å². The van der Waals surface area contributed by atoms with Gasteiger partial charge in [0.2, 0.25) is 11.8 Å². The van der Waals surface area contributed by atoms with E-state index in [4.69, 9.17) is 16.3 Å². The molecule has 0 aliphatic rings. The Bertz CT molecular complexity index is 1090. The van der Waals surface area contributed by atoms with Crippen LogP contribution in [0.3, 0.4) is 0 Å². The number of rotatable bonds is 8. The Hall–Kier alpha value is -3.04. The fraction of sp³-hybridized carbons (Fsp3) is 0.238. The van der Waals surface area contributed by atoms with Crippen molar-refractivity contribution in [1.29, 1.82) is 0 Å². The lowest BCUT2D eigenvalue weighted by Crippen LogP contribution is -2.17. The highest BCUT2D eigenvalue weighted by Crippen LogP contribution is 2.21. The molecule has 1 aromatic heterocycles. The molecule has 0 aliphatic heterocycles. The molecule has 2 amide bonds. The third-order valence-corrected chi connectivity index (χ3v) is 5.83. The van der Waals surface area contributed by atoms with Crippen LogP contribution >= 0.6 is 23.4 Å². The van der Waals surface area contributed by atoms with Gasteiger partial charge in [0, 0.05) is 23.4 Å². The molecular formula is C21H22ClN5O3S. The van der Waals surface area contributed by atoms with Crippen LogP contribution in [0.4, 0.5) is 11.4 Å². The Kier molecular flexibility index (Phi) is 7.54. The number of amides is 2. The van der Waals surface area contributed by atoms with E-state index in [2.05, 4.69) is 20.8 Å². The van der Waals surface area contributed by atoms with Gasteiger partial charge in [-0.05, 0) is 48.9 Å². The molecule has 0 atom stereocenters. The van der Waals surface area contributed by atoms with E-state index in [1.54, 1.807) is 55.1 Å². The highest BCUT2D eigenvalue weighted by Gasteiger charge is 2.15. The molecule has 0 saturated carbocycles. The first-order chi connectivity index (χ1) is 14.9. The highest BCUT2D eigenvalue weighted by atomic mass is 35.5. The molecule has 31 heavy (non-hydrogen) atoms. The van der Waals surface area contributed by atoms with Crippen LogP contribution in [0, 0.1) is 6.92 Å². The van der Waals surface area contributed by atoms with Crippen molar-refractivity contribution in [3.63, 3.8) is 0 Å². The lowest BCUT2D eigenvalue weighted by Gasteiger charge is -2.08. The van der Waals surface area contributed by atoms with Crippen molar-refractivity contribution in [1.82, 2.24) is 14.8 Å². The average Bonchev–Trinajstić information content (AvgIpc) is 3.09. The number of thioether (sulfide) groups is 1. The number of nitrogens with one attached hydrogen (secondary N) is 2. The molecule has 0 bridgehead atoms. The van der Waals surface area contributed by atoms with Gasteiger partial charge < -0.3 is 19.9 Å². The van der Waals surface area contributed by atoms with Crippen LogP contribution in [0.25, 0.3) is 0 Å². The molecule has 0 radical (unpaired) electrons. The number of nitrogens with zero attached hydrogens (tertiary/aromatic N) is 3. The van der Waals surface area contributed by atoms with Crippen molar-refractivity contribution < 1.29 is 14.3 Å². The van der Waals surface area contributed by atoms with Gasteiger partial charge in [-0.3, -0.25) is 9.59 Å². The molecule has 162 valence electrons. The summed E-state index contributed by atoms with van der Waals surface area (Å²) >= 11 is 7.33. The van der Waals surface area contributed by atoms with Crippen LogP contribution in [0.1, 0.15) is 11.4 Å². The van der Waals surface area contributed by atoms with Gasteiger partial charge in [-0.15, -0.1) is 10.2 Å². The summed E-state index contributed by atoms with van der Waals surface area (Å²) in [7, 11) is 3.34. The number of benzene rings is 2. The molecule has 0 unspecified atom stereocenters. The number of carbonyl (C=O) groups is 2. The van der Waals surface area contributed by atoms with Crippen LogP contribution in [-0.2, 0) is 23.1 Å². The highest BCUT2D eigenvalue weighted by molar-refractivity contribution is 7.99. The third kappa shape index (κ3) is 6.22. The van der Waals surface area contributed by atoms with Gasteiger partial charge >= 0.3 is 0 Å². The largest absolute Gasteiger partial charge is 0.497 e. The van der Waals surface area contributed by atoms with Crippen LogP contribution < -0.4 is 15.4 Å². The van der Waals surface area contributed by atoms with E-state index >= 15 is 0 Å². The topological polar surface area (TPSA) is 98.1 Å². The fourth-order valence-electron chi connectivity index (χ4n) is 2.65. The van der Waals surface area contributed by atoms with Crippen molar-refractivity contribution in [2.45, 2.75) is 18.5 Å². The monoisotopic (exact) mass is 459 g/mol. The van der Waals surface area contributed by atoms with Crippen molar-refractivity contribution in [2.24, 2.45) is 7.05 Å². The number of carbonyl (C=O) groups excluding carboxylic acids is 2. The maximum Gasteiger partial charge on any atom is 0.234 e. The second-order valence-electron chi connectivity index (χ2n) is 6.71. The predicted octanol–water partition coefficient (Wildman–Crippen LogP) is 3.70. The Morgan fingerprint density at radius 1 is 1.06 bits per heavy atom. The van der Waals surface area contributed by atoms with E-state index in [-0.39, 0.29) is 24.0 Å². The summed E-state index contributed by atoms with van der Waals surface area (Å²) in [5, 5.41) is 14.9. The number of methoxy groups -OCH3 is 1. The van der Waals surface area contributed by atoms with Gasteiger partial charge in [-0.1, -0.05) is 29.4 Å². The minimum atomic E-state index is -0.232. The number of hydrogen-bond donors (Lipinski definition) is 2. The molecule has 1 heterocycles. The molecule has 10 heteroatoms. The molecule has 0 fully saturated rings. The summed E-state index contributed by atoms with van der Waals surface area (Å²) < 4.78 is 6.80. The summed E-state index contributed by atoms with van der Waals surface area (Å²) in [6.45, 7) is 1.89. The van der Waals surface area contributed by atoms with Gasteiger partial charge in [0.05, 0.1) is 19.3 Å². The van der Waals surface area contributed by atoms with Gasteiger partial charge in [0.1, 0.15) is 11.6 Å². The number of aromatic nitrogens is 3. The van der Waals surface area contributed by atoms with Gasteiger partial charge in [-0.25, -0.2) is 0 Å². The van der Waals surface area contributed by atoms with E-state index in [0.717, 1.165) is 5.56 Å². The Morgan fingerprint density at radius 2 is 1.74 bits per heavy atom. The zero-order valence-electron chi connectivity index (χ0n) is 17.3. The minimum Gasteiger partial charge on any atom is -0.497 e. The van der Waals surface area contributed by atoms with Crippen LogP contribution in [-0.4, -0.2) is 39.4 Å². The summed E-state index contributed by atoms with van der Waals surface area (Å²) in [5.41, 5.74) is 2.23. The van der Waals surface area contributed by atoms with Gasteiger partial charge in [-0.2, -0.15) is 0 Å². The van der Waals surface area contributed by atoms with Crippen molar-refractivity contribution in [3.8, 4) is 5.75 Å². The molecule has 2 N–H and O–H groups in total. The maximum absolute atomic E-state index is 12.3. The third-order valence-electron chi connectivity index (χ3n) is 4.41. The second-order valence-corrected chi connectivity index (χ2v) is 8.06. The molecule has 2 aromatic carbocycles. The lowest BCUT2D eigenvalue weighted by molar-refractivity contribution is -0.116. The summed E-state index contributed by atoms with van der Waals surface area (Å²) in [5.74, 6) is 0.965. The zero-order chi connectivity index (χ0) is 22.4. The SMILES string of the molecule is COc1ccc(NC(=O)CSc2nnc(CC(=O)Nc3ccc(C)c(Cl)c3)n2C)cc1. The molecule has 3 rings (SSSR count). The number of hydrogen-bond acceptors (Lipinski definition) is 6. The standard InChI is InChI=1S/C21H22ClN5O3S/c1-13-4-5-15(10-17(13)22)24-19(28)11-18-25-26-21(27(18)2)31-12-20(29)23-14-6-8-16(30-3)9-7-14/h4-10H,11-12H2,1-3H3,(H,23,29)(H,24,28). The van der Waals surface area contributed by atoms with Crippen molar-refractivity contribution in [2.75, 3.05) is 23.5 Å². The smallest absolute Gasteiger partial charge is 0.234 e. The van der Waals surface area contributed by atoms with Crippen molar-refractivity contribution in [3.05, 3.63) is 58.9 Å². The van der Waals surface area contributed by atoms with E-state index in [1.165, 1.54) is 11.8 Å². The Morgan fingerprint density at radius 3 is 2.42 bits per heavy atom. The van der Waals surface area contributed by atoms with E-state index in [1.807, 2.05) is 13.0 Å². The number of ether oxygens (including phenoxy) is 1. The second kappa shape index (κ2) is 10.3. The van der Waals surface area contributed by atoms with Crippen molar-refractivity contribution >= 4 is 46.6 Å². The van der Waals surface area contributed by atoms with E-state index < -0.39 is 0 Å². The van der Waals surface area contributed by atoms with Crippen LogP contribution in [0.15, 0.2) is 47.6 Å². The van der Waals surface area contributed by atoms with Crippen LogP contribution in [0.2, 0.25) is 5.02 Å². The molecule has 8 nitrogen and oxygen atoms in total. The average molecular weight is 460 g/mol. The number of aryl methyl sites for hydroxylation is 1. The lowest BCUT2D eigenvalue weighted by atomic mass is 10.2. The maximum atomic E-state index is 12.3. The summed E-state index contributed by atoms with van der Waals surface area (Å²) in [6.07, 6.45) is 0.0492. The normalized spacial score (nSPS) is 10.6. The first-order valence-electron chi connectivity index (χ1n) is 9.36. The molecular weight excluding hydrogens is 438 g/mol. The Labute approximate surface area is 189 Å². The first kappa shape index (κ1) is 22.6. The van der Waals surface area contributed by atoms with E-state index in [0.29, 0.717) is 33.1 Å². The zero-order valence-corrected chi connectivity index (χ0v) is 18.9. The minimum absolute atomic E-state index is 0.0492. The summed E-state index contributed by atoms with van der Waals surface area (Å²) in [4.78, 5) is 24.5. The molecule has 0 saturated heterocycles. The van der Waals surface area contributed by atoms with Crippen LogP contribution in [0.5, 0.6) is 5.75 Å². The van der Waals surface area contributed by atoms with E-state index in [9.17, 15) is 9.59 Å². The van der Waals surface area contributed by atoms with Gasteiger partial charge in [0.15, 0.2) is 5.16 Å². The first-order valence-corrected chi connectivity index (χ1v) is 10.7. The molecule has 0 aliphatic carbocycles. The fourth-order valence-corrected chi connectivity index (χ4v) is 3.56. The number of anilines is 2.